The third-order valence-corrected chi connectivity index (χ3v) is 2.72. The molecule has 0 fully saturated rings. The van der Waals surface area contributed by atoms with Crippen molar-refractivity contribution in [2.24, 2.45) is 0 Å². The largest absolute Gasteiger partial charge is 0.468 e. The van der Waals surface area contributed by atoms with Crippen molar-refractivity contribution in [2.45, 2.75) is 6.54 Å². The molecule has 1 aromatic heterocycles. The number of esters is 2. The van der Waals surface area contributed by atoms with Gasteiger partial charge in [-0.15, -0.1) is 0 Å². The number of nitrogens with zero attached hydrogens (tertiary/aromatic N) is 2. The zero-order valence-electron chi connectivity index (χ0n) is 11.6. The van der Waals surface area contributed by atoms with Gasteiger partial charge in [0.15, 0.2) is 0 Å². The molecule has 0 saturated heterocycles. The Balaban J connectivity index is 2.64. The molecule has 0 atom stereocenters. The zero-order valence-corrected chi connectivity index (χ0v) is 11.6. The van der Waals surface area contributed by atoms with Crippen molar-refractivity contribution in [3.63, 3.8) is 0 Å². The molecule has 1 rings (SSSR count). The van der Waals surface area contributed by atoms with E-state index < -0.39 is 11.9 Å². The number of ether oxygens (including phenoxy) is 2. The molecule has 0 aliphatic heterocycles. The highest BCUT2D eigenvalue weighted by Crippen LogP contribution is 1.94. The Labute approximate surface area is 116 Å². The number of hydrogen-bond acceptors (Lipinski definition) is 6. The average Bonchev–Trinajstić information content (AvgIpc) is 2.45. The van der Waals surface area contributed by atoms with Crippen molar-refractivity contribution < 1.29 is 19.1 Å². The fourth-order valence-electron chi connectivity index (χ4n) is 1.60. The Bertz CT molecular complexity index is 493. The summed E-state index contributed by atoms with van der Waals surface area (Å²) >= 11 is 0. The summed E-state index contributed by atoms with van der Waals surface area (Å²) in [5.41, 5.74) is -0.136. The van der Waals surface area contributed by atoms with Crippen LogP contribution in [0.3, 0.4) is 0 Å². The van der Waals surface area contributed by atoms with E-state index in [4.69, 9.17) is 0 Å². The molecule has 0 N–H and O–H groups in total. The van der Waals surface area contributed by atoms with Gasteiger partial charge in [0, 0.05) is 25.4 Å². The fourth-order valence-corrected chi connectivity index (χ4v) is 1.60. The zero-order chi connectivity index (χ0) is 15.0. The summed E-state index contributed by atoms with van der Waals surface area (Å²) in [6, 6.07) is 4.84. The summed E-state index contributed by atoms with van der Waals surface area (Å²) in [4.78, 5) is 35.7. The number of carbonyl (C=O) groups is 2. The van der Waals surface area contributed by atoms with E-state index in [1.807, 2.05) is 0 Å². The second-order valence-corrected chi connectivity index (χ2v) is 4.10. The second kappa shape index (κ2) is 8.11. The van der Waals surface area contributed by atoms with Gasteiger partial charge in [0.1, 0.15) is 0 Å². The second-order valence-electron chi connectivity index (χ2n) is 4.10. The van der Waals surface area contributed by atoms with E-state index >= 15 is 0 Å². The lowest BCUT2D eigenvalue weighted by Crippen LogP contribution is -2.38. The molecule has 0 saturated carbocycles. The van der Waals surface area contributed by atoms with Gasteiger partial charge < -0.3 is 14.0 Å². The Morgan fingerprint density at radius 1 is 1.15 bits per heavy atom. The van der Waals surface area contributed by atoms with Gasteiger partial charge in [-0.05, 0) is 6.07 Å². The molecule has 20 heavy (non-hydrogen) atoms. The predicted molar refractivity (Wildman–Crippen MR) is 71.2 cm³/mol. The first kappa shape index (κ1) is 15.9. The summed E-state index contributed by atoms with van der Waals surface area (Å²) in [5.74, 6) is -0.899. The van der Waals surface area contributed by atoms with Crippen molar-refractivity contribution in [2.75, 3.05) is 33.9 Å². The minimum absolute atomic E-state index is 0.0345. The third kappa shape index (κ3) is 5.23. The third-order valence-electron chi connectivity index (χ3n) is 2.72. The van der Waals surface area contributed by atoms with Crippen LogP contribution < -0.4 is 5.56 Å². The Morgan fingerprint density at radius 3 is 2.25 bits per heavy atom. The van der Waals surface area contributed by atoms with Gasteiger partial charge in [-0.1, -0.05) is 6.07 Å². The molecular formula is C13H18N2O5. The lowest BCUT2D eigenvalue weighted by atomic mass is 10.4. The highest BCUT2D eigenvalue weighted by molar-refractivity contribution is 5.74. The summed E-state index contributed by atoms with van der Waals surface area (Å²) in [7, 11) is 2.56. The van der Waals surface area contributed by atoms with Crippen LogP contribution in [0.5, 0.6) is 0 Å². The number of carbonyl (C=O) groups excluding carboxylic acids is 2. The predicted octanol–water partition coefficient (Wildman–Crippen LogP) is -0.504. The lowest BCUT2D eigenvalue weighted by Gasteiger charge is -2.19. The van der Waals surface area contributed by atoms with Crippen LogP contribution in [0, 0.1) is 0 Å². The van der Waals surface area contributed by atoms with Gasteiger partial charge in [0.05, 0.1) is 27.3 Å². The molecule has 0 aliphatic rings. The SMILES string of the molecule is COC(=O)CN(CCn1ccccc1=O)CC(=O)OC. The van der Waals surface area contributed by atoms with E-state index in [0.29, 0.717) is 13.1 Å². The van der Waals surface area contributed by atoms with Gasteiger partial charge in [-0.2, -0.15) is 0 Å². The summed E-state index contributed by atoms with van der Waals surface area (Å²) in [6.07, 6.45) is 1.65. The maximum atomic E-state index is 11.5. The molecule has 7 heteroatoms. The molecule has 0 aromatic carbocycles. The maximum absolute atomic E-state index is 11.5. The highest BCUT2D eigenvalue weighted by Gasteiger charge is 2.15. The summed E-state index contributed by atoms with van der Waals surface area (Å²) < 4.78 is 10.6. The van der Waals surface area contributed by atoms with E-state index in [2.05, 4.69) is 9.47 Å². The van der Waals surface area contributed by atoms with Crippen LogP contribution in [0.2, 0.25) is 0 Å². The van der Waals surface area contributed by atoms with Crippen molar-refractivity contribution >= 4 is 11.9 Å². The molecule has 7 nitrogen and oxygen atoms in total. The van der Waals surface area contributed by atoms with E-state index in [0.717, 1.165) is 0 Å². The van der Waals surface area contributed by atoms with Gasteiger partial charge in [-0.25, -0.2) is 0 Å². The Hall–Kier alpha value is -2.15. The molecule has 1 aromatic rings. The van der Waals surface area contributed by atoms with Gasteiger partial charge in [0.2, 0.25) is 0 Å². The minimum atomic E-state index is -0.450. The quantitative estimate of drug-likeness (QED) is 0.627. The molecular weight excluding hydrogens is 264 g/mol. The Kier molecular flexibility index (Phi) is 6.45. The number of rotatable bonds is 7. The van der Waals surface area contributed by atoms with Crippen LogP contribution >= 0.6 is 0 Å². The lowest BCUT2D eigenvalue weighted by molar-refractivity contribution is -0.145. The topological polar surface area (TPSA) is 77.8 Å². The average molecular weight is 282 g/mol. The van der Waals surface area contributed by atoms with E-state index in [1.165, 1.54) is 24.9 Å². The standard InChI is InChI=1S/C13H18N2O5/c1-19-12(17)9-14(10-13(18)20-2)7-8-15-6-4-3-5-11(15)16/h3-6H,7-10H2,1-2H3. The van der Waals surface area contributed by atoms with E-state index in [9.17, 15) is 14.4 Å². The molecule has 0 amide bonds. The van der Waals surface area contributed by atoms with E-state index in [1.54, 1.807) is 23.2 Å². The van der Waals surface area contributed by atoms with Gasteiger partial charge in [0.25, 0.3) is 5.56 Å². The number of methoxy groups -OCH3 is 2. The molecule has 0 aliphatic carbocycles. The minimum Gasteiger partial charge on any atom is -0.468 e. The molecule has 0 spiro atoms. The first-order valence-electron chi connectivity index (χ1n) is 6.08. The molecule has 110 valence electrons. The first-order valence-corrected chi connectivity index (χ1v) is 6.08. The molecule has 1 heterocycles. The number of hydrogen-bond donors (Lipinski definition) is 0. The van der Waals surface area contributed by atoms with E-state index in [-0.39, 0.29) is 18.6 Å². The van der Waals surface area contributed by atoms with Crippen molar-refractivity contribution in [3.05, 3.63) is 34.7 Å². The fraction of sp³-hybridized carbons (Fsp3) is 0.462. The van der Waals surface area contributed by atoms with Gasteiger partial charge >= 0.3 is 11.9 Å². The number of pyridine rings is 1. The smallest absolute Gasteiger partial charge is 0.319 e. The van der Waals surface area contributed by atoms with Crippen LogP contribution in [0.25, 0.3) is 0 Å². The van der Waals surface area contributed by atoms with Crippen LogP contribution in [0.4, 0.5) is 0 Å². The number of aromatic nitrogens is 1. The molecule has 0 bridgehead atoms. The van der Waals surface area contributed by atoms with Gasteiger partial charge in [-0.3, -0.25) is 19.3 Å². The highest BCUT2D eigenvalue weighted by atomic mass is 16.5. The normalized spacial score (nSPS) is 10.3. The maximum Gasteiger partial charge on any atom is 0.319 e. The van der Waals surface area contributed by atoms with Crippen molar-refractivity contribution in [1.82, 2.24) is 9.47 Å². The first-order chi connectivity index (χ1) is 9.56. The van der Waals surface area contributed by atoms with Crippen LogP contribution in [-0.2, 0) is 25.6 Å². The van der Waals surface area contributed by atoms with Crippen LogP contribution in [0.15, 0.2) is 29.2 Å². The van der Waals surface area contributed by atoms with Crippen LogP contribution in [-0.4, -0.2) is 55.3 Å². The molecule has 0 radical (unpaired) electrons. The molecule has 0 unspecified atom stereocenters. The van der Waals surface area contributed by atoms with Crippen LogP contribution in [0.1, 0.15) is 0 Å². The summed E-state index contributed by atoms with van der Waals surface area (Å²) in [5, 5.41) is 0. The van der Waals surface area contributed by atoms with Crippen molar-refractivity contribution in [1.29, 1.82) is 0 Å². The summed E-state index contributed by atoms with van der Waals surface area (Å²) in [6.45, 7) is 0.655. The monoisotopic (exact) mass is 282 g/mol. The van der Waals surface area contributed by atoms with Crippen molar-refractivity contribution in [3.8, 4) is 0 Å². The Morgan fingerprint density at radius 2 is 1.75 bits per heavy atom.